The Hall–Kier alpha value is -8.26. The van der Waals surface area contributed by atoms with E-state index in [2.05, 4.69) is 36.3 Å². The average Bonchev–Trinajstić information content (AvgIpc) is 1.95. The lowest BCUT2D eigenvalue weighted by Gasteiger charge is -2.06. The van der Waals surface area contributed by atoms with E-state index in [-0.39, 0.29) is 30.6 Å². The van der Waals surface area contributed by atoms with Crippen molar-refractivity contribution in [2.75, 3.05) is 18.8 Å². The number of amides is 2. The van der Waals surface area contributed by atoms with Gasteiger partial charge in [0.25, 0.3) is 16.7 Å². The third-order valence-electron chi connectivity index (χ3n) is 12.7. The topological polar surface area (TPSA) is 360 Å². The van der Waals surface area contributed by atoms with Crippen molar-refractivity contribution in [3.8, 4) is 6.07 Å². The first-order valence-electron chi connectivity index (χ1n) is 23.9. The largest absolute Gasteiger partial charge is 0.394 e. The summed E-state index contributed by atoms with van der Waals surface area (Å²) in [4.78, 5) is 74.6. The molecule has 0 saturated carbocycles. The lowest BCUT2D eigenvalue weighted by molar-refractivity contribution is 0.0992. The number of aryl methyl sites for hydroxylation is 3. The van der Waals surface area contributed by atoms with Crippen molar-refractivity contribution < 1.29 is 31.3 Å². The smallest absolute Gasteiger partial charge is 0.366 e. The van der Waals surface area contributed by atoms with Gasteiger partial charge in [0.05, 0.1) is 74.8 Å². The van der Waals surface area contributed by atoms with Crippen molar-refractivity contribution in [2.24, 2.45) is 32.6 Å². The fraction of sp³-hybridized carbons (Fsp3) is 0.192. The molecule has 84 heavy (non-hydrogen) atoms. The molecule has 0 bridgehead atoms. The van der Waals surface area contributed by atoms with Crippen LogP contribution in [0.5, 0.6) is 0 Å². The van der Waals surface area contributed by atoms with Crippen LogP contribution in [0.25, 0.3) is 63.8 Å². The van der Waals surface area contributed by atoms with E-state index >= 15 is 0 Å². The molecule has 32 heteroatoms. The Morgan fingerprint density at radius 2 is 0.905 bits per heavy atom. The first-order chi connectivity index (χ1) is 39.5. The molecular weight excluding hydrogens is 1220 g/mol. The zero-order valence-corrected chi connectivity index (χ0v) is 50.0. The molecule has 0 aliphatic carbocycles. The van der Waals surface area contributed by atoms with Gasteiger partial charge in [0.2, 0.25) is 11.8 Å². The number of fused-ring (bicyclic) bond motifs is 9. The van der Waals surface area contributed by atoms with Crippen LogP contribution in [-0.4, -0.2) is 110 Å². The van der Waals surface area contributed by atoms with Crippen LogP contribution < -0.4 is 28.1 Å². The summed E-state index contributed by atoms with van der Waals surface area (Å²) in [5, 5.41) is 24.2. The van der Waals surface area contributed by atoms with Crippen molar-refractivity contribution in [2.45, 2.75) is 40.1 Å². The summed E-state index contributed by atoms with van der Waals surface area (Å²) in [5.41, 5.74) is 18.0. The zero-order chi connectivity index (χ0) is 59.8. The molecule has 9 aromatic heterocycles. The molecule has 0 spiro atoms. The zero-order valence-electron chi connectivity index (χ0n) is 44.3. The van der Waals surface area contributed by atoms with Gasteiger partial charge < -0.3 is 25.2 Å². The number of thiazole rings is 3. The van der Waals surface area contributed by atoms with Gasteiger partial charge in [-0.25, -0.2) is 29.0 Å². The highest BCUT2D eigenvalue weighted by Crippen LogP contribution is 2.36. The Morgan fingerprint density at radius 1 is 0.595 bits per heavy atom. The van der Waals surface area contributed by atoms with Gasteiger partial charge in [-0.3, -0.25) is 37.3 Å². The summed E-state index contributed by atoms with van der Waals surface area (Å²) in [6.07, 6.45) is 10.6. The van der Waals surface area contributed by atoms with Gasteiger partial charge in [0.1, 0.15) is 16.6 Å². The van der Waals surface area contributed by atoms with E-state index in [0.29, 0.717) is 61.7 Å². The predicted molar refractivity (Wildman–Crippen MR) is 330 cm³/mol. The van der Waals surface area contributed by atoms with E-state index in [4.69, 9.17) is 34.3 Å². The van der Waals surface area contributed by atoms with Crippen LogP contribution in [0.3, 0.4) is 0 Å². The minimum Gasteiger partial charge on any atom is -0.366 e. The van der Waals surface area contributed by atoms with E-state index in [0.717, 1.165) is 61.5 Å². The highest BCUT2D eigenvalue weighted by atomic mass is 32.3. The van der Waals surface area contributed by atoms with Gasteiger partial charge in [0.15, 0.2) is 30.0 Å². The van der Waals surface area contributed by atoms with Crippen LogP contribution in [0.2, 0.25) is 0 Å². The summed E-state index contributed by atoms with van der Waals surface area (Å²) >= 11 is 7.65. The molecule has 0 aliphatic heterocycles. The summed E-state index contributed by atoms with van der Waals surface area (Å²) in [7, 11) is -0.366. The minimum atomic E-state index is -4.67. The highest BCUT2D eigenvalue weighted by molar-refractivity contribution is 8.00. The average molecular weight is 1270 g/mol. The molecule has 0 fully saturated rings. The van der Waals surface area contributed by atoms with Gasteiger partial charge in [-0.05, 0) is 65.6 Å². The molecule has 12 rings (SSSR count). The molecule has 1 atom stereocenters. The predicted octanol–water partition coefficient (Wildman–Crippen LogP) is 6.41. The fourth-order valence-corrected chi connectivity index (χ4v) is 13.7. The normalized spacial score (nSPS) is 11.7. The second-order valence-corrected chi connectivity index (χ2v) is 25.5. The van der Waals surface area contributed by atoms with Crippen molar-refractivity contribution in [1.29, 1.82) is 5.26 Å². The number of nitriles is 1. The van der Waals surface area contributed by atoms with Gasteiger partial charge in [-0.1, -0.05) is 67.3 Å². The molecule has 0 aliphatic rings. The summed E-state index contributed by atoms with van der Waals surface area (Å²) in [5.74, 6) is -0.976. The van der Waals surface area contributed by atoms with E-state index < -0.39 is 33.0 Å². The van der Waals surface area contributed by atoms with Crippen LogP contribution in [0.1, 0.15) is 50.4 Å². The van der Waals surface area contributed by atoms with E-state index in [1.54, 1.807) is 143 Å². The first kappa shape index (κ1) is 61.8. The molecule has 3 aromatic carbocycles. The number of primary amides is 2. The molecule has 25 nitrogen and oxygen atoms in total. The maximum atomic E-state index is 12.9. The number of hydrogen-bond donors (Lipinski definition) is 4. The number of carbonyl (C=O) groups is 2. The molecule has 12 aromatic rings. The SMILES string of the molecule is C.CSc1nc2c(s1)c1cnn(Cc3ccc(C#N)cc3)c(=O)c1n2C.CSc1nc2c(s1)c1cnn(Cc3ccc(C(N)=O)cc3)c(=O)c1n2C.Cn1c2nc(S(C)=O)sc2c2cnn(Cc3ccc(C(N)=O)cc3)c(=O)c21.O=S(=O)(O)O. The van der Waals surface area contributed by atoms with Crippen LogP contribution in [-0.2, 0) is 62.0 Å². The molecule has 6 N–H and O–H groups in total. The lowest BCUT2D eigenvalue weighted by Crippen LogP contribution is -2.24. The monoisotopic (exact) mass is 1270 g/mol. The third kappa shape index (κ3) is 12.8. The number of carbonyl (C=O) groups excluding carboxylic acids is 2. The molecule has 0 saturated heterocycles. The standard InChI is InChI=1S/C17H15N5O3S2.C17H15N5O2S2.C17H13N5OS2.CH4.H2O4S/c1-21-12-11(13-15(21)20-17(26-13)27(2)25)7-19-22(16(12)24)8-9-3-5-10(6-4-9)14(18)23;1-21-12-11(13-15(21)20-17(25-2)26-13)7-19-22(16(12)24)8-9-3-5-10(6-4-9)14(18)23;1-21-13-12(14-15(21)20-17(24-2)25-14)8-19-22(16(13)23)9-11-5-3-10(7-18)4-6-11;;1-5(2,3)4/h3-7H,8H2,1-2H3,(H2,18,23);3-7H,8H2,1-2H3,(H2,18,23);3-6,8H,9H2,1-2H3;1H4;(H2,1,2,3,4). The van der Waals surface area contributed by atoms with Crippen LogP contribution in [0.15, 0.2) is 119 Å². The lowest BCUT2D eigenvalue weighted by atomic mass is 10.1. The number of thioether (sulfide) groups is 2. The maximum Gasteiger partial charge on any atom is 0.394 e. The van der Waals surface area contributed by atoms with Crippen LogP contribution in [0.4, 0.5) is 0 Å². The number of benzene rings is 3. The van der Waals surface area contributed by atoms with Gasteiger partial charge in [-0.2, -0.15) is 29.0 Å². The van der Waals surface area contributed by atoms with Gasteiger partial charge in [0, 0.05) is 54.7 Å². The molecule has 2 amide bonds. The minimum absolute atomic E-state index is 0. The molecule has 9 heterocycles. The number of nitrogens with two attached hydrogens (primary N) is 2. The maximum absolute atomic E-state index is 12.9. The first-order valence-corrected chi connectivity index (χ1v) is 31.8. The quantitative estimate of drug-likeness (QED) is 0.0802. The summed E-state index contributed by atoms with van der Waals surface area (Å²) in [6, 6.07) is 22.8. The van der Waals surface area contributed by atoms with Gasteiger partial charge in [-0.15, -0.1) is 34.0 Å². The Balaban J connectivity index is 0.000000157. The van der Waals surface area contributed by atoms with Gasteiger partial charge >= 0.3 is 10.4 Å². The molecular formula is C52H49N15O10S7. The van der Waals surface area contributed by atoms with E-state index in [1.165, 1.54) is 25.4 Å². The van der Waals surface area contributed by atoms with Crippen molar-refractivity contribution >= 4 is 154 Å². The van der Waals surface area contributed by atoms with Crippen molar-refractivity contribution in [3.05, 3.63) is 156 Å². The molecule has 434 valence electrons. The number of hydrogen-bond acceptors (Lipinski definition) is 20. The highest BCUT2D eigenvalue weighted by Gasteiger charge is 2.22. The molecule has 1 unspecified atom stereocenters. The van der Waals surface area contributed by atoms with Crippen LogP contribution in [0, 0.1) is 11.3 Å². The Labute approximate surface area is 498 Å². The number of aromatic nitrogens is 12. The molecule has 0 radical (unpaired) electrons. The number of rotatable bonds is 11. The van der Waals surface area contributed by atoms with E-state index in [1.807, 2.05) is 47.9 Å². The fourth-order valence-electron chi connectivity index (χ4n) is 8.70. The van der Waals surface area contributed by atoms with Crippen molar-refractivity contribution in [1.82, 2.24) is 58.0 Å². The van der Waals surface area contributed by atoms with E-state index in [9.17, 15) is 28.2 Å². The second kappa shape index (κ2) is 25.3. The summed E-state index contributed by atoms with van der Waals surface area (Å²) in [6.45, 7) is 0.948. The Morgan fingerprint density at radius 3 is 1.20 bits per heavy atom. The number of nitrogens with zero attached hydrogens (tertiary/aromatic N) is 13. The Kier molecular flexibility index (Phi) is 18.6. The van der Waals surface area contributed by atoms with Crippen LogP contribution >= 0.6 is 57.5 Å². The van der Waals surface area contributed by atoms with Crippen molar-refractivity contribution in [3.63, 3.8) is 0 Å². The third-order valence-corrected chi connectivity index (χ3v) is 19.2. The Bertz CT molecular complexity index is 4890. The second-order valence-electron chi connectivity index (χ2n) is 17.9. The summed E-state index contributed by atoms with van der Waals surface area (Å²) < 4.78 is 58.1.